The topological polar surface area (TPSA) is 50.4 Å². The van der Waals surface area contributed by atoms with Crippen LogP contribution in [0, 0.1) is 0 Å². The van der Waals surface area contributed by atoms with Crippen molar-refractivity contribution in [1.82, 2.24) is 5.32 Å². The average Bonchev–Trinajstić information content (AvgIpc) is 3.22. The fourth-order valence-electron chi connectivity index (χ4n) is 4.07. The molecular formula is C29H24Br2N2O2S. The van der Waals surface area contributed by atoms with Gasteiger partial charge in [-0.05, 0) is 96.1 Å². The lowest BCUT2D eigenvalue weighted by Crippen LogP contribution is -2.30. The van der Waals surface area contributed by atoms with Gasteiger partial charge in [0, 0.05) is 5.69 Å². The van der Waals surface area contributed by atoms with Gasteiger partial charge in [0.05, 0.1) is 13.9 Å². The van der Waals surface area contributed by atoms with Crippen LogP contribution < -0.4 is 15.4 Å². The summed E-state index contributed by atoms with van der Waals surface area (Å²) in [6.07, 6.45) is 2.89. The molecular weight excluding hydrogens is 600 g/mol. The molecule has 1 atom stereocenters. The van der Waals surface area contributed by atoms with Crippen LogP contribution in [0.3, 0.4) is 0 Å². The van der Waals surface area contributed by atoms with Crippen molar-refractivity contribution in [2.45, 2.75) is 25.4 Å². The molecule has 0 unspecified atom stereocenters. The van der Waals surface area contributed by atoms with Gasteiger partial charge in [-0.2, -0.15) is 0 Å². The van der Waals surface area contributed by atoms with E-state index in [2.05, 4.69) is 85.8 Å². The third-order valence-electron chi connectivity index (χ3n) is 5.96. The van der Waals surface area contributed by atoms with Crippen molar-refractivity contribution >= 4 is 72.1 Å². The van der Waals surface area contributed by atoms with E-state index in [0.29, 0.717) is 11.5 Å². The van der Waals surface area contributed by atoms with Gasteiger partial charge in [-0.3, -0.25) is 4.79 Å². The highest BCUT2D eigenvalue weighted by atomic mass is 79.9. The van der Waals surface area contributed by atoms with Gasteiger partial charge in [-0.15, -0.1) is 0 Å². The Morgan fingerprint density at radius 2 is 1.72 bits per heavy atom. The highest BCUT2D eigenvalue weighted by Gasteiger charge is 2.27. The van der Waals surface area contributed by atoms with Crippen LogP contribution in [0.2, 0.25) is 0 Å². The summed E-state index contributed by atoms with van der Waals surface area (Å²) in [6.45, 7) is 2.58. The van der Waals surface area contributed by atoms with Crippen LogP contribution in [0.4, 0.5) is 5.69 Å². The lowest BCUT2D eigenvalue weighted by Gasteiger charge is -2.13. The minimum atomic E-state index is -0.216. The largest absolute Gasteiger partial charge is 0.487 e. The molecule has 0 aromatic heterocycles. The molecule has 182 valence electrons. The van der Waals surface area contributed by atoms with E-state index in [1.54, 1.807) is 0 Å². The molecule has 2 N–H and O–H groups in total. The number of nitrogens with one attached hydrogen (secondary N) is 2. The lowest BCUT2D eigenvalue weighted by molar-refractivity contribution is -0.116. The van der Waals surface area contributed by atoms with E-state index in [4.69, 9.17) is 4.74 Å². The highest BCUT2D eigenvalue weighted by molar-refractivity contribution is 9.11. The van der Waals surface area contributed by atoms with E-state index in [1.165, 1.54) is 28.1 Å². The van der Waals surface area contributed by atoms with Crippen molar-refractivity contribution in [3.63, 3.8) is 0 Å². The van der Waals surface area contributed by atoms with Crippen LogP contribution in [-0.4, -0.2) is 11.4 Å². The molecule has 1 aliphatic heterocycles. The van der Waals surface area contributed by atoms with Crippen molar-refractivity contribution in [1.29, 1.82) is 0 Å². The molecule has 7 heteroatoms. The fourth-order valence-corrected chi connectivity index (χ4v) is 6.51. The normalized spacial score (nSPS) is 16.4. The molecule has 1 fully saturated rings. The van der Waals surface area contributed by atoms with Gasteiger partial charge >= 0.3 is 0 Å². The van der Waals surface area contributed by atoms with E-state index < -0.39 is 0 Å². The van der Waals surface area contributed by atoms with E-state index in [1.807, 2.05) is 48.5 Å². The number of thioether (sulfide) groups is 1. The Bertz CT molecular complexity index is 1430. The van der Waals surface area contributed by atoms with Gasteiger partial charge in [0.25, 0.3) is 5.91 Å². The van der Waals surface area contributed by atoms with Crippen LogP contribution in [-0.2, 0) is 17.8 Å². The van der Waals surface area contributed by atoms with Gasteiger partial charge < -0.3 is 15.4 Å². The summed E-state index contributed by atoms with van der Waals surface area (Å²) in [5, 5.41) is 8.73. The molecule has 4 aromatic carbocycles. The number of carbonyl (C=O) groups excluding carboxylic acids is 1. The Hall–Kier alpha value is -2.74. The molecule has 1 amide bonds. The Balaban J connectivity index is 1.28. The van der Waals surface area contributed by atoms with Crippen molar-refractivity contribution in [3.05, 3.63) is 109 Å². The standard InChI is InChI=1S/C29H24Br2N2O2S/c1-2-18-10-12-22(13-11-18)32-29-33-28(34)26(36-29)16-19-14-24(30)27(25(31)15-19)35-17-21-8-5-7-20-6-3-4-9-23(20)21/h3-16,29,32H,2,17H2,1H3,(H,33,34)/b26-16-/t29-/m1/s1. The first-order valence-electron chi connectivity index (χ1n) is 11.6. The summed E-state index contributed by atoms with van der Waals surface area (Å²) < 4.78 is 7.83. The molecule has 0 bridgehead atoms. The summed E-state index contributed by atoms with van der Waals surface area (Å²) in [7, 11) is 0. The van der Waals surface area contributed by atoms with E-state index in [0.717, 1.165) is 37.9 Å². The highest BCUT2D eigenvalue weighted by Crippen LogP contribution is 2.38. The predicted molar refractivity (Wildman–Crippen MR) is 157 cm³/mol. The second-order valence-electron chi connectivity index (χ2n) is 8.42. The van der Waals surface area contributed by atoms with Gasteiger partial charge in [-0.1, -0.05) is 73.3 Å². The number of benzene rings is 4. The number of ether oxygens (including phenoxy) is 1. The van der Waals surface area contributed by atoms with Crippen LogP contribution >= 0.6 is 43.6 Å². The SMILES string of the molecule is CCc1ccc(N[C@@H]2NC(=O)/C(=C/c3cc(Br)c(OCc4cccc5ccccc45)c(Br)c3)S2)cc1. The van der Waals surface area contributed by atoms with Crippen molar-refractivity contribution in [3.8, 4) is 5.75 Å². The molecule has 4 aromatic rings. The van der Waals surface area contributed by atoms with Crippen LogP contribution in [0.1, 0.15) is 23.6 Å². The summed E-state index contributed by atoms with van der Waals surface area (Å²) in [6, 6.07) is 26.7. The maximum absolute atomic E-state index is 12.6. The molecule has 0 radical (unpaired) electrons. The smallest absolute Gasteiger partial charge is 0.260 e. The molecule has 0 spiro atoms. The zero-order valence-corrected chi connectivity index (χ0v) is 23.5. The summed E-state index contributed by atoms with van der Waals surface area (Å²) in [4.78, 5) is 13.2. The molecule has 0 saturated carbocycles. The molecule has 1 heterocycles. The molecule has 1 saturated heterocycles. The van der Waals surface area contributed by atoms with E-state index in [9.17, 15) is 4.79 Å². The molecule has 0 aliphatic carbocycles. The third kappa shape index (κ3) is 5.64. The zero-order chi connectivity index (χ0) is 25.1. The number of fused-ring (bicyclic) bond motifs is 1. The van der Waals surface area contributed by atoms with E-state index in [-0.39, 0.29) is 11.4 Å². The predicted octanol–water partition coefficient (Wildman–Crippen LogP) is 8.11. The number of amides is 1. The quantitative estimate of drug-likeness (QED) is 0.204. The van der Waals surface area contributed by atoms with Crippen LogP contribution in [0.25, 0.3) is 16.8 Å². The zero-order valence-electron chi connectivity index (χ0n) is 19.6. The molecule has 36 heavy (non-hydrogen) atoms. The Labute approximate surface area is 231 Å². The Morgan fingerprint density at radius 3 is 2.47 bits per heavy atom. The first-order chi connectivity index (χ1) is 17.5. The van der Waals surface area contributed by atoms with Crippen molar-refractivity contribution in [2.24, 2.45) is 0 Å². The summed E-state index contributed by atoms with van der Waals surface area (Å²) in [5.74, 6) is 0.634. The second kappa shape index (κ2) is 11.1. The fraction of sp³-hybridized carbons (Fsp3) is 0.138. The number of carbonyl (C=O) groups is 1. The first-order valence-corrected chi connectivity index (χ1v) is 14.1. The van der Waals surface area contributed by atoms with Crippen LogP contribution in [0.15, 0.2) is 92.7 Å². The van der Waals surface area contributed by atoms with Gasteiger partial charge in [0.15, 0.2) is 5.50 Å². The van der Waals surface area contributed by atoms with Gasteiger partial charge in [-0.25, -0.2) is 0 Å². The average molecular weight is 624 g/mol. The maximum atomic E-state index is 12.6. The molecule has 1 aliphatic rings. The number of halogens is 2. The van der Waals surface area contributed by atoms with Gasteiger partial charge in [0.1, 0.15) is 12.4 Å². The van der Waals surface area contributed by atoms with Gasteiger partial charge in [0.2, 0.25) is 0 Å². The van der Waals surface area contributed by atoms with E-state index >= 15 is 0 Å². The Morgan fingerprint density at radius 1 is 1.00 bits per heavy atom. The second-order valence-corrected chi connectivity index (χ2v) is 11.3. The minimum Gasteiger partial charge on any atom is -0.487 e. The number of hydrogen-bond donors (Lipinski definition) is 2. The third-order valence-corrected chi connectivity index (χ3v) is 8.17. The maximum Gasteiger partial charge on any atom is 0.260 e. The van der Waals surface area contributed by atoms with Crippen molar-refractivity contribution < 1.29 is 9.53 Å². The monoisotopic (exact) mass is 622 g/mol. The minimum absolute atomic E-state index is 0.0915. The molecule has 4 nitrogen and oxygen atoms in total. The first kappa shape index (κ1) is 24.9. The number of aryl methyl sites for hydroxylation is 1. The summed E-state index contributed by atoms with van der Waals surface area (Å²) >= 11 is 8.77. The van der Waals surface area contributed by atoms with Crippen molar-refractivity contribution in [2.75, 3.05) is 5.32 Å². The molecule has 5 rings (SSSR count). The number of rotatable bonds is 7. The number of anilines is 1. The lowest BCUT2D eigenvalue weighted by atomic mass is 10.1. The van der Waals surface area contributed by atoms with Crippen LogP contribution in [0.5, 0.6) is 5.75 Å². The Kier molecular flexibility index (Phi) is 7.70. The summed E-state index contributed by atoms with van der Waals surface area (Å²) in [5.41, 5.74) is 4.07. The number of hydrogen-bond acceptors (Lipinski definition) is 4.